The Kier molecular flexibility index (Phi) is 4.91. The van der Waals surface area contributed by atoms with E-state index in [-0.39, 0.29) is 6.42 Å². The van der Waals surface area contributed by atoms with Gasteiger partial charge in [0.05, 0.1) is 0 Å². The van der Waals surface area contributed by atoms with E-state index < -0.39 is 5.97 Å². The normalized spacial score (nSPS) is 10.5. The minimum Gasteiger partial charge on any atom is -0.487 e. The van der Waals surface area contributed by atoms with Crippen molar-refractivity contribution in [3.8, 4) is 17.2 Å². The van der Waals surface area contributed by atoms with Crippen LogP contribution in [0.1, 0.15) is 17.7 Å². The number of carbonyl (C=O) groups is 1. The second-order valence-electron chi connectivity index (χ2n) is 5.34. The number of carboxylic acid groups (broad SMARTS) is 1. The molecule has 2 aromatic carbocycles. The maximum atomic E-state index is 10.6. The average Bonchev–Trinajstić information content (AvgIpc) is 3.09. The van der Waals surface area contributed by atoms with Gasteiger partial charge in [-0.25, -0.2) is 4.98 Å². The number of aryl methyl sites for hydroxylation is 1. The molecule has 5 nitrogen and oxygen atoms in total. The van der Waals surface area contributed by atoms with Gasteiger partial charge in [0.2, 0.25) is 5.89 Å². The Morgan fingerprint density at radius 3 is 2.54 bits per heavy atom. The number of aliphatic carboxylic acids is 1. The summed E-state index contributed by atoms with van der Waals surface area (Å²) < 4.78 is 11.1. The van der Waals surface area contributed by atoms with Crippen LogP contribution in [0.25, 0.3) is 11.5 Å². The molecule has 0 amide bonds. The van der Waals surface area contributed by atoms with Crippen LogP contribution in [0.15, 0.2) is 65.3 Å². The van der Waals surface area contributed by atoms with Gasteiger partial charge in [0.15, 0.2) is 0 Å². The van der Waals surface area contributed by atoms with E-state index in [9.17, 15) is 4.79 Å². The molecular formula is C19H17NO4. The number of carboxylic acids is 1. The van der Waals surface area contributed by atoms with Crippen LogP contribution in [0.2, 0.25) is 0 Å². The van der Waals surface area contributed by atoms with E-state index in [1.54, 1.807) is 6.26 Å². The Hall–Kier alpha value is -3.08. The molecule has 1 heterocycles. The smallest absolute Gasteiger partial charge is 0.303 e. The molecule has 122 valence electrons. The molecular weight excluding hydrogens is 306 g/mol. The summed E-state index contributed by atoms with van der Waals surface area (Å²) in [6.45, 7) is 0.310. The fourth-order valence-corrected chi connectivity index (χ4v) is 2.25. The molecule has 0 aliphatic rings. The minimum absolute atomic E-state index is 0.126. The molecule has 1 aromatic heterocycles. The van der Waals surface area contributed by atoms with Crippen LogP contribution in [0.5, 0.6) is 5.75 Å². The summed E-state index contributed by atoms with van der Waals surface area (Å²) in [5.41, 5.74) is 2.60. The van der Waals surface area contributed by atoms with E-state index in [4.69, 9.17) is 14.3 Å². The number of rotatable bonds is 7. The van der Waals surface area contributed by atoms with Gasteiger partial charge in [0.25, 0.3) is 0 Å². The highest BCUT2D eigenvalue weighted by molar-refractivity contribution is 5.67. The second kappa shape index (κ2) is 7.46. The Bertz CT molecular complexity index is 794. The number of nitrogens with zero attached hydrogens (tertiary/aromatic N) is 1. The zero-order valence-electron chi connectivity index (χ0n) is 13.0. The molecule has 0 fully saturated rings. The number of aromatic nitrogens is 1. The third-order valence-electron chi connectivity index (χ3n) is 3.51. The van der Waals surface area contributed by atoms with Crippen molar-refractivity contribution in [3.05, 3.63) is 72.1 Å². The van der Waals surface area contributed by atoms with Crippen LogP contribution in [0.4, 0.5) is 0 Å². The summed E-state index contributed by atoms with van der Waals surface area (Å²) in [5, 5.41) is 8.68. The Balaban J connectivity index is 1.56. The SMILES string of the molecule is O=C(O)CCc1ccc(OCc2coc(-c3ccccc3)n2)cc1. The molecule has 24 heavy (non-hydrogen) atoms. The van der Waals surface area contributed by atoms with E-state index in [0.29, 0.717) is 30.4 Å². The van der Waals surface area contributed by atoms with Crippen LogP contribution in [0.3, 0.4) is 0 Å². The highest BCUT2D eigenvalue weighted by Gasteiger charge is 2.07. The lowest BCUT2D eigenvalue weighted by atomic mass is 10.1. The molecule has 0 saturated carbocycles. The Morgan fingerprint density at radius 1 is 1.08 bits per heavy atom. The van der Waals surface area contributed by atoms with Crippen LogP contribution in [-0.2, 0) is 17.8 Å². The van der Waals surface area contributed by atoms with Gasteiger partial charge in [0, 0.05) is 12.0 Å². The van der Waals surface area contributed by atoms with Crippen molar-refractivity contribution in [1.29, 1.82) is 0 Å². The molecule has 3 aromatic rings. The standard InChI is InChI=1S/C19H17NO4/c21-18(22)11-8-14-6-9-17(10-7-14)23-12-16-13-24-19(20-16)15-4-2-1-3-5-15/h1-7,9-10,13H,8,11-12H2,(H,21,22). The van der Waals surface area contributed by atoms with E-state index in [2.05, 4.69) is 4.98 Å². The van der Waals surface area contributed by atoms with Crippen molar-refractivity contribution in [1.82, 2.24) is 4.98 Å². The summed E-state index contributed by atoms with van der Waals surface area (Å²) in [7, 11) is 0. The Labute approximate surface area is 139 Å². The van der Waals surface area contributed by atoms with Crippen LogP contribution in [-0.4, -0.2) is 16.1 Å². The third-order valence-corrected chi connectivity index (χ3v) is 3.51. The summed E-state index contributed by atoms with van der Waals surface area (Å²) in [4.78, 5) is 15.0. The first-order valence-corrected chi connectivity index (χ1v) is 7.64. The molecule has 0 atom stereocenters. The fraction of sp³-hybridized carbons (Fsp3) is 0.158. The highest BCUT2D eigenvalue weighted by Crippen LogP contribution is 2.19. The van der Waals surface area contributed by atoms with E-state index in [1.165, 1.54) is 0 Å². The lowest BCUT2D eigenvalue weighted by Gasteiger charge is -2.05. The molecule has 0 saturated heterocycles. The van der Waals surface area contributed by atoms with Gasteiger partial charge >= 0.3 is 5.97 Å². The summed E-state index contributed by atoms with van der Waals surface area (Å²) in [6, 6.07) is 17.1. The van der Waals surface area contributed by atoms with Crippen molar-refractivity contribution in [3.63, 3.8) is 0 Å². The van der Waals surface area contributed by atoms with Crippen LogP contribution >= 0.6 is 0 Å². The van der Waals surface area contributed by atoms with Crippen molar-refractivity contribution >= 4 is 5.97 Å². The van der Waals surface area contributed by atoms with Crippen molar-refractivity contribution in [2.75, 3.05) is 0 Å². The topological polar surface area (TPSA) is 72.6 Å². The molecule has 0 spiro atoms. The number of ether oxygens (including phenoxy) is 1. The van der Waals surface area contributed by atoms with Gasteiger partial charge in [-0.3, -0.25) is 4.79 Å². The molecule has 0 radical (unpaired) electrons. The fourth-order valence-electron chi connectivity index (χ4n) is 2.25. The molecule has 5 heteroatoms. The van der Waals surface area contributed by atoms with Gasteiger partial charge in [-0.2, -0.15) is 0 Å². The van der Waals surface area contributed by atoms with Crippen molar-refractivity contribution in [2.24, 2.45) is 0 Å². The third kappa shape index (κ3) is 4.23. The van der Waals surface area contributed by atoms with Gasteiger partial charge in [-0.1, -0.05) is 30.3 Å². The zero-order valence-corrected chi connectivity index (χ0v) is 13.0. The number of hydrogen-bond acceptors (Lipinski definition) is 4. The highest BCUT2D eigenvalue weighted by atomic mass is 16.5. The minimum atomic E-state index is -0.796. The molecule has 0 aliphatic heterocycles. The second-order valence-corrected chi connectivity index (χ2v) is 5.34. The van der Waals surface area contributed by atoms with Crippen LogP contribution < -0.4 is 4.74 Å². The van der Waals surface area contributed by atoms with E-state index in [0.717, 1.165) is 11.1 Å². The van der Waals surface area contributed by atoms with Gasteiger partial charge in [-0.05, 0) is 36.2 Å². The lowest BCUT2D eigenvalue weighted by molar-refractivity contribution is -0.136. The lowest BCUT2D eigenvalue weighted by Crippen LogP contribution is -1.98. The summed E-state index contributed by atoms with van der Waals surface area (Å²) in [5.74, 6) is 0.479. The molecule has 0 aliphatic carbocycles. The molecule has 1 N–H and O–H groups in total. The number of benzene rings is 2. The van der Waals surface area contributed by atoms with Crippen molar-refractivity contribution in [2.45, 2.75) is 19.4 Å². The van der Waals surface area contributed by atoms with Gasteiger partial charge < -0.3 is 14.3 Å². The maximum Gasteiger partial charge on any atom is 0.303 e. The molecule has 3 rings (SSSR count). The van der Waals surface area contributed by atoms with E-state index >= 15 is 0 Å². The Morgan fingerprint density at radius 2 is 1.83 bits per heavy atom. The summed E-state index contributed by atoms with van der Waals surface area (Å²) >= 11 is 0. The van der Waals surface area contributed by atoms with Crippen LogP contribution in [0, 0.1) is 0 Å². The van der Waals surface area contributed by atoms with E-state index in [1.807, 2.05) is 54.6 Å². The first-order chi connectivity index (χ1) is 11.7. The monoisotopic (exact) mass is 323 g/mol. The molecule has 0 bridgehead atoms. The zero-order chi connectivity index (χ0) is 16.8. The summed E-state index contributed by atoms with van der Waals surface area (Å²) in [6.07, 6.45) is 2.23. The predicted octanol–water partition coefficient (Wildman–Crippen LogP) is 3.94. The number of oxazole rings is 1. The quantitative estimate of drug-likeness (QED) is 0.713. The first kappa shape index (κ1) is 15.8. The van der Waals surface area contributed by atoms with Gasteiger partial charge in [0.1, 0.15) is 24.3 Å². The average molecular weight is 323 g/mol. The largest absolute Gasteiger partial charge is 0.487 e. The molecule has 0 unspecified atom stereocenters. The number of hydrogen-bond donors (Lipinski definition) is 1. The first-order valence-electron chi connectivity index (χ1n) is 7.64. The van der Waals surface area contributed by atoms with Crippen molar-refractivity contribution < 1.29 is 19.1 Å². The maximum absolute atomic E-state index is 10.6. The van der Waals surface area contributed by atoms with Gasteiger partial charge in [-0.15, -0.1) is 0 Å². The predicted molar refractivity (Wildman–Crippen MR) is 88.7 cm³/mol.